The van der Waals surface area contributed by atoms with Gasteiger partial charge in [-0.25, -0.2) is 15.0 Å². The summed E-state index contributed by atoms with van der Waals surface area (Å²) in [5, 5.41) is 7.61. The standard InChI is InChI=1S/C47H29N5/c1-4-14-30(15-5-1)45-48-46(31-16-6-2-7-17-31)50-47(49-45)32-26-28-34(29-27-32)52-38-23-11-10-20-35(38)41-36-21-12-24-39-42(36)43-37(44(41)52)22-13-25-40(43)51(39)33-18-8-3-9-19-33/h1-29H. The molecule has 0 N–H and O–H groups in total. The first-order chi connectivity index (χ1) is 25.8. The summed E-state index contributed by atoms with van der Waals surface area (Å²) in [7, 11) is 0. The SMILES string of the molecule is c1ccc(-c2nc(-c3ccccc3)nc(-c3ccc(-n4c5ccccc5c5c6cccc7c6c6c(cccc6n7-c6ccccc6)c54)cc3)n2)cc1. The normalized spacial score (nSPS) is 11.8. The molecule has 0 aliphatic rings. The molecule has 0 radical (unpaired) electrons. The Hall–Kier alpha value is -7.11. The Balaban J connectivity index is 1.15. The van der Waals surface area contributed by atoms with Crippen LogP contribution in [-0.2, 0) is 0 Å². The second-order valence-electron chi connectivity index (χ2n) is 13.2. The first-order valence-electron chi connectivity index (χ1n) is 17.6. The van der Waals surface area contributed by atoms with E-state index in [9.17, 15) is 0 Å². The van der Waals surface area contributed by atoms with Gasteiger partial charge in [0, 0.05) is 55.0 Å². The molecule has 5 nitrogen and oxygen atoms in total. The molecule has 5 heteroatoms. The first-order valence-corrected chi connectivity index (χ1v) is 17.6. The van der Waals surface area contributed by atoms with Crippen molar-refractivity contribution < 1.29 is 0 Å². The maximum Gasteiger partial charge on any atom is 0.164 e. The Morgan fingerprint density at radius 1 is 0.288 bits per heavy atom. The average Bonchev–Trinajstić information content (AvgIpc) is 3.76. The minimum atomic E-state index is 0.641. The molecule has 0 bridgehead atoms. The smallest absolute Gasteiger partial charge is 0.164 e. The van der Waals surface area contributed by atoms with Gasteiger partial charge in [-0.2, -0.15) is 0 Å². The summed E-state index contributed by atoms with van der Waals surface area (Å²) in [5.41, 5.74) is 9.90. The molecule has 52 heavy (non-hydrogen) atoms. The molecule has 0 spiro atoms. The third-order valence-electron chi connectivity index (χ3n) is 10.3. The van der Waals surface area contributed by atoms with Crippen molar-refractivity contribution in [2.24, 2.45) is 0 Å². The van der Waals surface area contributed by atoms with Gasteiger partial charge >= 0.3 is 0 Å². The Morgan fingerprint density at radius 2 is 0.731 bits per heavy atom. The van der Waals surface area contributed by atoms with Gasteiger partial charge in [-0.3, -0.25) is 0 Å². The van der Waals surface area contributed by atoms with Crippen molar-refractivity contribution in [1.29, 1.82) is 0 Å². The third kappa shape index (κ3) is 4.20. The molecule has 0 saturated carbocycles. The number of para-hydroxylation sites is 2. The molecular weight excluding hydrogens is 635 g/mol. The van der Waals surface area contributed by atoms with Crippen LogP contribution in [0.4, 0.5) is 0 Å². The molecule has 0 amide bonds. The van der Waals surface area contributed by atoms with Crippen LogP contribution in [0.2, 0.25) is 0 Å². The van der Waals surface area contributed by atoms with E-state index in [-0.39, 0.29) is 0 Å². The largest absolute Gasteiger partial charge is 0.309 e. The summed E-state index contributed by atoms with van der Waals surface area (Å²) >= 11 is 0. The van der Waals surface area contributed by atoms with Crippen LogP contribution in [0.3, 0.4) is 0 Å². The Bertz CT molecular complexity index is 3030. The van der Waals surface area contributed by atoms with Gasteiger partial charge in [-0.15, -0.1) is 0 Å². The average molecular weight is 664 g/mol. The highest BCUT2D eigenvalue weighted by atomic mass is 15.0. The molecule has 0 aliphatic carbocycles. The number of nitrogens with zero attached hydrogens (tertiary/aromatic N) is 5. The molecular formula is C47H29N5. The second-order valence-corrected chi connectivity index (χ2v) is 13.2. The van der Waals surface area contributed by atoms with Crippen LogP contribution < -0.4 is 0 Å². The maximum absolute atomic E-state index is 4.98. The fourth-order valence-corrected chi connectivity index (χ4v) is 8.10. The van der Waals surface area contributed by atoms with Crippen LogP contribution in [0.15, 0.2) is 176 Å². The summed E-state index contributed by atoms with van der Waals surface area (Å²) in [6.07, 6.45) is 0. The fourth-order valence-electron chi connectivity index (χ4n) is 8.10. The predicted octanol–water partition coefficient (Wildman–Crippen LogP) is 11.7. The van der Waals surface area contributed by atoms with E-state index in [1.807, 2.05) is 60.7 Å². The Labute approximate surface area is 299 Å². The second kappa shape index (κ2) is 11.2. The van der Waals surface area contributed by atoms with Crippen LogP contribution in [-0.4, -0.2) is 24.1 Å². The van der Waals surface area contributed by atoms with Crippen LogP contribution in [0.5, 0.6) is 0 Å². The molecule has 3 aromatic heterocycles. The zero-order valence-electron chi connectivity index (χ0n) is 28.0. The van der Waals surface area contributed by atoms with Crippen LogP contribution >= 0.6 is 0 Å². The first kappa shape index (κ1) is 28.7. The topological polar surface area (TPSA) is 48.5 Å². The molecule has 0 saturated heterocycles. The van der Waals surface area contributed by atoms with Crippen molar-refractivity contribution in [1.82, 2.24) is 24.1 Å². The molecule has 11 aromatic rings. The van der Waals surface area contributed by atoms with Crippen LogP contribution in [0, 0.1) is 0 Å². The van der Waals surface area contributed by atoms with Crippen LogP contribution in [0.1, 0.15) is 0 Å². The molecule has 3 heterocycles. The van der Waals surface area contributed by atoms with E-state index in [1.165, 1.54) is 54.4 Å². The van der Waals surface area contributed by atoms with E-state index < -0.39 is 0 Å². The third-order valence-corrected chi connectivity index (χ3v) is 10.3. The van der Waals surface area contributed by atoms with E-state index in [2.05, 4.69) is 124 Å². The number of hydrogen-bond donors (Lipinski definition) is 0. The molecule has 0 aliphatic heterocycles. The molecule has 0 atom stereocenters. The highest BCUT2D eigenvalue weighted by molar-refractivity contribution is 6.38. The summed E-state index contributed by atoms with van der Waals surface area (Å²) in [6.45, 7) is 0. The lowest BCUT2D eigenvalue weighted by atomic mass is 9.97. The lowest BCUT2D eigenvalue weighted by molar-refractivity contribution is 1.07. The van der Waals surface area contributed by atoms with Gasteiger partial charge < -0.3 is 9.13 Å². The van der Waals surface area contributed by atoms with Crippen molar-refractivity contribution >= 4 is 54.4 Å². The lowest BCUT2D eigenvalue weighted by Crippen LogP contribution is -2.00. The van der Waals surface area contributed by atoms with E-state index in [4.69, 9.17) is 15.0 Å². The minimum Gasteiger partial charge on any atom is -0.309 e. The zero-order chi connectivity index (χ0) is 34.2. The molecule has 242 valence electrons. The summed E-state index contributed by atoms with van der Waals surface area (Å²) in [6, 6.07) is 61.9. The number of aromatic nitrogens is 5. The Kier molecular flexibility index (Phi) is 6.18. The van der Waals surface area contributed by atoms with E-state index in [1.54, 1.807) is 0 Å². The lowest BCUT2D eigenvalue weighted by Gasteiger charge is -2.12. The highest BCUT2D eigenvalue weighted by Crippen LogP contribution is 2.47. The van der Waals surface area contributed by atoms with Gasteiger partial charge in [0.05, 0.1) is 22.1 Å². The van der Waals surface area contributed by atoms with Crippen molar-refractivity contribution in [3.8, 4) is 45.5 Å². The van der Waals surface area contributed by atoms with Crippen molar-refractivity contribution in [3.63, 3.8) is 0 Å². The summed E-state index contributed by atoms with van der Waals surface area (Å²) < 4.78 is 4.84. The van der Waals surface area contributed by atoms with Gasteiger partial charge in [0.1, 0.15) is 0 Å². The quantitative estimate of drug-likeness (QED) is 0.172. The number of benzene rings is 8. The predicted molar refractivity (Wildman–Crippen MR) is 214 cm³/mol. The van der Waals surface area contributed by atoms with E-state index in [0.29, 0.717) is 17.5 Å². The van der Waals surface area contributed by atoms with Crippen molar-refractivity contribution in [2.75, 3.05) is 0 Å². The number of fused-ring (bicyclic) bond motifs is 5. The molecule has 0 unspecified atom stereocenters. The molecule has 0 fully saturated rings. The van der Waals surface area contributed by atoms with E-state index in [0.717, 1.165) is 28.1 Å². The van der Waals surface area contributed by atoms with Crippen LogP contribution in [0.25, 0.3) is 99.9 Å². The molecule has 8 aromatic carbocycles. The molecule has 11 rings (SSSR count). The maximum atomic E-state index is 4.98. The minimum absolute atomic E-state index is 0.641. The summed E-state index contributed by atoms with van der Waals surface area (Å²) in [4.78, 5) is 14.8. The van der Waals surface area contributed by atoms with Gasteiger partial charge in [0.25, 0.3) is 0 Å². The summed E-state index contributed by atoms with van der Waals surface area (Å²) in [5.74, 6) is 1.95. The van der Waals surface area contributed by atoms with Gasteiger partial charge in [0.15, 0.2) is 17.5 Å². The number of hydrogen-bond acceptors (Lipinski definition) is 3. The van der Waals surface area contributed by atoms with Crippen molar-refractivity contribution in [2.45, 2.75) is 0 Å². The monoisotopic (exact) mass is 663 g/mol. The number of rotatable bonds is 5. The highest BCUT2D eigenvalue weighted by Gasteiger charge is 2.24. The van der Waals surface area contributed by atoms with Gasteiger partial charge in [-0.1, -0.05) is 121 Å². The fraction of sp³-hybridized carbons (Fsp3) is 0. The van der Waals surface area contributed by atoms with Gasteiger partial charge in [0.2, 0.25) is 0 Å². The Morgan fingerprint density at radius 3 is 1.35 bits per heavy atom. The van der Waals surface area contributed by atoms with Gasteiger partial charge in [-0.05, 0) is 60.0 Å². The van der Waals surface area contributed by atoms with Crippen molar-refractivity contribution in [3.05, 3.63) is 176 Å². The zero-order valence-corrected chi connectivity index (χ0v) is 28.0. The van der Waals surface area contributed by atoms with E-state index >= 15 is 0 Å².